The lowest BCUT2D eigenvalue weighted by Crippen LogP contribution is -2.66. The Balaban J connectivity index is 2.30. The molecule has 1 aromatic carbocycles. The summed E-state index contributed by atoms with van der Waals surface area (Å²) in [5.41, 5.74) is 0.522. The molecule has 0 aliphatic heterocycles. The predicted molar refractivity (Wildman–Crippen MR) is 79.8 cm³/mol. The molecule has 0 fully saturated rings. The zero-order valence-corrected chi connectivity index (χ0v) is 14.3. The Labute approximate surface area is 160 Å². The number of amides is 1. The van der Waals surface area contributed by atoms with Crippen LogP contribution in [0.5, 0.6) is 0 Å². The number of carbonyl (C=O) groups excluding carboxylic acids is 2. The second kappa shape index (κ2) is 7.40. The fourth-order valence-corrected chi connectivity index (χ4v) is 2.48. The zero-order valence-electron chi connectivity index (χ0n) is 14.3. The van der Waals surface area contributed by atoms with Gasteiger partial charge in [-0.15, -0.1) is 0 Å². The van der Waals surface area contributed by atoms with Crippen LogP contribution in [0.15, 0.2) is 30.5 Å². The number of benzene rings is 1. The van der Waals surface area contributed by atoms with E-state index in [1.807, 2.05) is 0 Å². The highest BCUT2D eigenvalue weighted by atomic mass is 19.4. The molecule has 0 saturated carbocycles. The van der Waals surface area contributed by atoms with Crippen LogP contribution in [0.1, 0.15) is 5.56 Å². The van der Waals surface area contributed by atoms with Gasteiger partial charge in [0.2, 0.25) is 0 Å². The molecule has 2 rings (SSSR count). The van der Waals surface area contributed by atoms with Crippen molar-refractivity contribution in [3.8, 4) is 0 Å². The number of carbonyl (C=O) groups is 2. The van der Waals surface area contributed by atoms with Gasteiger partial charge >= 0.3 is 23.9 Å². The lowest BCUT2D eigenvalue weighted by molar-refractivity contribution is -0.388. The van der Waals surface area contributed by atoms with Gasteiger partial charge in [-0.1, -0.05) is 18.2 Å². The first-order valence-electron chi connectivity index (χ1n) is 7.81. The number of H-pyrrole nitrogens is 1. The number of nitrogens with one attached hydrogen (secondary N) is 2. The van der Waals surface area contributed by atoms with E-state index in [0.29, 0.717) is 10.9 Å². The second-order valence-electron chi connectivity index (χ2n) is 6.13. The van der Waals surface area contributed by atoms with Crippen molar-refractivity contribution in [1.29, 1.82) is 0 Å². The molecule has 0 radical (unpaired) electrons. The van der Waals surface area contributed by atoms with Gasteiger partial charge in [-0.05, 0) is 11.6 Å². The Bertz CT molecular complexity index is 953. The molecule has 1 amide bonds. The van der Waals surface area contributed by atoms with E-state index in [1.165, 1.54) is 24.4 Å². The number of aliphatic carboxylic acids is 1. The Morgan fingerprint density at radius 1 is 0.967 bits per heavy atom. The highest BCUT2D eigenvalue weighted by molar-refractivity contribution is 5.89. The van der Waals surface area contributed by atoms with Crippen molar-refractivity contribution >= 4 is 22.8 Å². The minimum Gasteiger partial charge on any atom is -0.548 e. The molecule has 5 nitrogen and oxygen atoms in total. The van der Waals surface area contributed by atoms with Gasteiger partial charge in [0, 0.05) is 23.5 Å². The van der Waals surface area contributed by atoms with E-state index in [0.717, 1.165) is 5.32 Å². The van der Waals surface area contributed by atoms with Crippen molar-refractivity contribution in [2.75, 3.05) is 0 Å². The average molecular weight is 449 g/mol. The molecule has 0 saturated heterocycles. The van der Waals surface area contributed by atoms with Crippen LogP contribution in [0.25, 0.3) is 10.9 Å². The minimum absolute atomic E-state index is 0.0794. The maximum atomic E-state index is 13.6. The number of aromatic amines is 1. The van der Waals surface area contributed by atoms with Gasteiger partial charge in [0.05, 0.1) is 12.0 Å². The predicted octanol–water partition coefficient (Wildman–Crippen LogP) is 2.41. The van der Waals surface area contributed by atoms with Crippen LogP contribution in [-0.4, -0.2) is 46.8 Å². The number of carboxylic acids is 1. The van der Waals surface area contributed by atoms with Crippen LogP contribution in [0.3, 0.4) is 0 Å². The molecule has 0 bridgehead atoms. The van der Waals surface area contributed by atoms with E-state index in [-0.39, 0.29) is 5.56 Å². The standard InChI is InChI=1S/C16H11F9N2O3/c17-13(18,14(19,20)15(21,22)16(23,24)25)12(30)27-10(11(28)29)5-7-6-26-9-4-2-1-3-8(7)9/h1-4,6,10,26H,5H2,(H,27,30)(H,28,29)/p-1. The monoisotopic (exact) mass is 449 g/mol. The summed E-state index contributed by atoms with van der Waals surface area (Å²) in [5.74, 6) is -26.7. The average Bonchev–Trinajstić information content (AvgIpc) is 3.02. The maximum Gasteiger partial charge on any atom is 0.460 e. The SMILES string of the molecule is O=C([O-])C(Cc1c[nH]c2ccccc12)NC(=O)C(F)(F)C(F)(F)C(F)(F)C(F)(F)F. The van der Waals surface area contributed by atoms with Gasteiger partial charge in [0.25, 0.3) is 5.91 Å². The number of hydrogen-bond donors (Lipinski definition) is 2. The third-order valence-electron chi connectivity index (χ3n) is 4.12. The molecule has 166 valence electrons. The van der Waals surface area contributed by atoms with Gasteiger partial charge in [0.1, 0.15) is 0 Å². The molecule has 1 aromatic heterocycles. The van der Waals surface area contributed by atoms with Crippen LogP contribution >= 0.6 is 0 Å². The molecule has 0 aliphatic rings. The Morgan fingerprint density at radius 2 is 1.53 bits per heavy atom. The first-order valence-corrected chi connectivity index (χ1v) is 7.81. The van der Waals surface area contributed by atoms with Crippen LogP contribution in [0.4, 0.5) is 39.5 Å². The Hall–Kier alpha value is -2.93. The topological polar surface area (TPSA) is 85.0 Å². The van der Waals surface area contributed by atoms with Crippen LogP contribution in [-0.2, 0) is 16.0 Å². The highest BCUT2D eigenvalue weighted by Crippen LogP contribution is 2.53. The first-order chi connectivity index (χ1) is 13.5. The molecular formula is C16H10F9N2O3-. The summed E-state index contributed by atoms with van der Waals surface area (Å²) < 4.78 is 116. The number of aromatic nitrogens is 1. The number of rotatable bonds is 7. The fraction of sp³-hybridized carbons (Fsp3) is 0.375. The Morgan fingerprint density at radius 3 is 2.07 bits per heavy atom. The van der Waals surface area contributed by atoms with Gasteiger partial charge < -0.3 is 20.2 Å². The molecule has 0 spiro atoms. The molecular weight excluding hydrogens is 439 g/mol. The van der Waals surface area contributed by atoms with E-state index < -0.39 is 48.3 Å². The third kappa shape index (κ3) is 3.77. The fourth-order valence-electron chi connectivity index (χ4n) is 2.48. The number of fused-ring (bicyclic) bond motifs is 1. The smallest absolute Gasteiger partial charge is 0.460 e. The van der Waals surface area contributed by atoms with Gasteiger partial charge in [0.15, 0.2) is 0 Å². The Kier molecular flexibility index (Phi) is 5.76. The third-order valence-corrected chi connectivity index (χ3v) is 4.12. The molecule has 30 heavy (non-hydrogen) atoms. The van der Waals surface area contributed by atoms with Crippen molar-refractivity contribution in [3.05, 3.63) is 36.0 Å². The second-order valence-corrected chi connectivity index (χ2v) is 6.13. The summed E-state index contributed by atoms with van der Waals surface area (Å²) in [6.45, 7) is 0. The van der Waals surface area contributed by atoms with Gasteiger partial charge in [-0.3, -0.25) is 4.79 Å². The number of halogens is 9. The normalized spacial score (nSPS) is 14.6. The van der Waals surface area contributed by atoms with E-state index in [9.17, 15) is 54.2 Å². The van der Waals surface area contributed by atoms with E-state index in [4.69, 9.17) is 0 Å². The number of hydrogen-bond acceptors (Lipinski definition) is 3. The summed E-state index contributed by atoms with van der Waals surface area (Å²) in [6, 6.07) is 3.60. The lowest BCUT2D eigenvalue weighted by Gasteiger charge is -2.33. The first kappa shape index (κ1) is 23.3. The van der Waals surface area contributed by atoms with Crippen molar-refractivity contribution in [2.45, 2.75) is 36.4 Å². The van der Waals surface area contributed by atoms with Crippen LogP contribution in [0.2, 0.25) is 0 Å². The van der Waals surface area contributed by atoms with Crippen LogP contribution in [0, 0.1) is 0 Å². The summed E-state index contributed by atoms with van der Waals surface area (Å²) >= 11 is 0. The largest absolute Gasteiger partial charge is 0.548 e. The molecule has 2 aromatic rings. The van der Waals surface area contributed by atoms with E-state index >= 15 is 0 Å². The summed E-state index contributed by atoms with van der Waals surface area (Å²) in [7, 11) is 0. The summed E-state index contributed by atoms with van der Waals surface area (Å²) in [4.78, 5) is 25.2. The molecule has 0 aliphatic carbocycles. The van der Waals surface area contributed by atoms with Crippen molar-refractivity contribution in [2.24, 2.45) is 0 Å². The quantitative estimate of drug-likeness (QED) is 0.637. The molecule has 1 heterocycles. The van der Waals surface area contributed by atoms with Crippen molar-refractivity contribution in [1.82, 2.24) is 10.3 Å². The molecule has 1 atom stereocenters. The molecule has 14 heteroatoms. The van der Waals surface area contributed by atoms with Crippen molar-refractivity contribution < 1.29 is 54.2 Å². The molecule has 1 unspecified atom stereocenters. The number of para-hydroxylation sites is 1. The van der Waals surface area contributed by atoms with E-state index in [2.05, 4.69) is 4.98 Å². The van der Waals surface area contributed by atoms with Gasteiger partial charge in [-0.25, -0.2) is 0 Å². The summed E-state index contributed by atoms with van der Waals surface area (Å²) in [5, 5.41) is 12.3. The minimum atomic E-state index is -7.28. The lowest BCUT2D eigenvalue weighted by atomic mass is 10.0. The molecule has 2 N–H and O–H groups in total. The number of carboxylic acid groups (broad SMARTS) is 1. The van der Waals surface area contributed by atoms with Crippen molar-refractivity contribution in [3.63, 3.8) is 0 Å². The van der Waals surface area contributed by atoms with Gasteiger partial charge in [-0.2, -0.15) is 39.5 Å². The van der Waals surface area contributed by atoms with Crippen LogP contribution < -0.4 is 10.4 Å². The maximum absolute atomic E-state index is 13.6. The summed E-state index contributed by atoms with van der Waals surface area (Å²) in [6.07, 6.45) is -6.75. The zero-order chi connectivity index (χ0) is 23.1. The number of alkyl halides is 9. The van der Waals surface area contributed by atoms with E-state index in [1.54, 1.807) is 6.07 Å². The highest BCUT2D eigenvalue weighted by Gasteiger charge is 2.83.